The third-order valence-electron chi connectivity index (χ3n) is 5.72. The predicted octanol–water partition coefficient (Wildman–Crippen LogP) is 3.62. The highest BCUT2D eigenvalue weighted by Gasteiger charge is 2.17. The van der Waals surface area contributed by atoms with Gasteiger partial charge in [0.2, 0.25) is 0 Å². The quantitative estimate of drug-likeness (QED) is 0.789. The minimum Gasteiger partial charge on any atom is -0.378 e. The summed E-state index contributed by atoms with van der Waals surface area (Å²) in [5.74, 6) is 0.922. The Kier molecular flexibility index (Phi) is 7.03. The number of carbonyl (C=O) groups is 1. The lowest BCUT2D eigenvalue weighted by Gasteiger charge is -2.29. The van der Waals surface area contributed by atoms with Crippen LogP contribution in [0, 0.1) is 0 Å². The van der Waals surface area contributed by atoms with Crippen molar-refractivity contribution < 1.29 is 9.53 Å². The van der Waals surface area contributed by atoms with E-state index in [0.717, 1.165) is 48.9 Å². The molecule has 0 unspecified atom stereocenters. The second-order valence-corrected chi connectivity index (χ2v) is 7.81. The van der Waals surface area contributed by atoms with Gasteiger partial charge in [0.1, 0.15) is 5.82 Å². The molecule has 2 aliphatic rings. The number of nitrogens with zero attached hydrogens (tertiary/aromatic N) is 3. The van der Waals surface area contributed by atoms with Gasteiger partial charge in [-0.1, -0.05) is 31.0 Å². The third-order valence-corrected chi connectivity index (χ3v) is 5.72. The van der Waals surface area contributed by atoms with E-state index >= 15 is 0 Å². The maximum absolute atomic E-state index is 12.7. The van der Waals surface area contributed by atoms with E-state index in [2.05, 4.69) is 31.5 Å². The molecule has 0 radical (unpaired) electrons. The van der Waals surface area contributed by atoms with E-state index in [1.807, 2.05) is 30.3 Å². The number of morpholine rings is 1. The molecule has 0 atom stereocenters. The number of urea groups is 1. The molecule has 0 aliphatic carbocycles. The van der Waals surface area contributed by atoms with Crippen molar-refractivity contribution in [2.75, 3.05) is 54.5 Å². The van der Waals surface area contributed by atoms with Crippen LogP contribution in [0.5, 0.6) is 0 Å². The molecule has 0 bridgehead atoms. The average Bonchev–Trinajstić information content (AvgIpc) is 3.08. The topological polar surface area (TPSA) is 69.7 Å². The van der Waals surface area contributed by atoms with Gasteiger partial charge in [-0.2, -0.15) is 0 Å². The number of benzene rings is 1. The van der Waals surface area contributed by atoms with Crippen molar-refractivity contribution in [2.24, 2.45) is 0 Å². The number of nitrogens with one attached hydrogen (secondary N) is 2. The summed E-state index contributed by atoms with van der Waals surface area (Å²) in [7, 11) is 0. The van der Waals surface area contributed by atoms with Crippen LogP contribution in [-0.4, -0.2) is 50.4 Å². The van der Waals surface area contributed by atoms with Crippen molar-refractivity contribution in [2.45, 2.75) is 32.2 Å². The van der Waals surface area contributed by atoms with Crippen molar-refractivity contribution in [1.82, 2.24) is 10.3 Å². The number of para-hydroxylation sites is 2. The molecule has 2 saturated heterocycles. The van der Waals surface area contributed by atoms with Crippen molar-refractivity contribution in [3.05, 3.63) is 48.2 Å². The van der Waals surface area contributed by atoms with Gasteiger partial charge in [-0.3, -0.25) is 0 Å². The fourth-order valence-corrected chi connectivity index (χ4v) is 4.14. The van der Waals surface area contributed by atoms with Gasteiger partial charge < -0.3 is 25.2 Å². The first-order chi connectivity index (χ1) is 14.8. The van der Waals surface area contributed by atoms with Crippen LogP contribution in [0.2, 0.25) is 0 Å². The summed E-state index contributed by atoms with van der Waals surface area (Å²) in [4.78, 5) is 21.8. The first kappa shape index (κ1) is 20.5. The summed E-state index contributed by atoms with van der Waals surface area (Å²) in [5.41, 5.74) is 2.97. The van der Waals surface area contributed by atoms with E-state index in [-0.39, 0.29) is 6.03 Å². The zero-order valence-electron chi connectivity index (χ0n) is 17.5. The summed E-state index contributed by atoms with van der Waals surface area (Å²) in [6.45, 7) is 5.56. The molecule has 1 aromatic carbocycles. The van der Waals surface area contributed by atoms with E-state index in [1.165, 1.54) is 25.7 Å². The summed E-state index contributed by atoms with van der Waals surface area (Å²) in [6.07, 6.45) is 6.76. The Morgan fingerprint density at radius 2 is 1.70 bits per heavy atom. The zero-order chi connectivity index (χ0) is 20.6. The lowest BCUT2D eigenvalue weighted by Crippen LogP contribution is -2.38. The largest absolute Gasteiger partial charge is 0.378 e. The van der Waals surface area contributed by atoms with E-state index in [4.69, 9.17) is 4.74 Å². The fraction of sp³-hybridized carbons (Fsp3) is 0.478. The molecule has 160 valence electrons. The summed E-state index contributed by atoms with van der Waals surface area (Å²) >= 11 is 0. The lowest BCUT2D eigenvalue weighted by atomic mass is 10.2. The molecule has 2 fully saturated rings. The number of aromatic nitrogens is 1. The second kappa shape index (κ2) is 10.3. The molecule has 4 rings (SSSR count). The minimum atomic E-state index is -0.200. The molecule has 3 heterocycles. The molecule has 7 heteroatoms. The van der Waals surface area contributed by atoms with Gasteiger partial charge in [0, 0.05) is 44.5 Å². The van der Waals surface area contributed by atoms with Crippen molar-refractivity contribution in [3.63, 3.8) is 0 Å². The van der Waals surface area contributed by atoms with Crippen LogP contribution in [-0.2, 0) is 11.3 Å². The highest BCUT2D eigenvalue weighted by molar-refractivity contribution is 5.93. The molecule has 2 N–H and O–H groups in total. The number of rotatable bonds is 5. The average molecular weight is 410 g/mol. The maximum Gasteiger partial charge on any atom is 0.319 e. The standard InChI is InChI=1S/C23H31N5O2/c29-23(25-18-19-8-7-11-24-22(19)28-14-16-30-17-15-28)26-20-9-3-4-10-21(20)27-12-5-1-2-6-13-27/h3-4,7-11H,1-2,5-6,12-18H2,(H2,25,26,29). The van der Waals surface area contributed by atoms with Crippen LogP contribution in [0.15, 0.2) is 42.6 Å². The van der Waals surface area contributed by atoms with Gasteiger partial charge in [0.15, 0.2) is 0 Å². The van der Waals surface area contributed by atoms with Crippen molar-refractivity contribution >= 4 is 23.2 Å². The number of amides is 2. The smallest absolute Gasteiger partial charge is 0.319 e. The Hall–Kier alpha value is -2.80. The molecule has 2 aromatic rings. The molecule has 7 nitrogen and oxygen atoms in total. The number of hydrogen-bond donors (Lipinski definition) is 2. The predicted molar refractivity (Wildman–Crippen MR) is 120 cm³/mol. The highest BCUT2D eigenvalue weighted by atomic mass is 16.5. The number of ether oxygens (including phenoxy) is 1. The monoisotopic (exact) mass is 409 g/mol. The van der Waals surface area contributed by atoms with Gasteiger partial charge in [-0.05, 0) is 31.0 Å². The van der Waals surface area contributed by atoms with Crippen LogP contribution in [0.4, 0.5) is 22.0 Å². The lowest BCUT2D eigenvalue weighted by molar-refractivity contribution is 0.122. The summed E-state index contributed by atoms with van der Waals surface area (Å²) < 4.78 is 5.44. The Bertz CT molecular complexity index is 830. The maximum atomic E-state index is 12.7. The van der Waals surface area contributed by atoms with Gasteiger partial charge in [-0.25, -0.2) is 9.78 Å². The number of hydrogen-bond acceptors (Lipinski definition) is 5. The van der Waals surface area contributed by atoms with Crippen molar-refractivity contribution in [3.8, 4) is 0 Å². The van der Waals surface area contributed by atoms with Crippen LogP contribution in [0.1, 0.15) is 31.2 Å². The van der Waals surface area contributed by atoms with E-state index in [0.29, 0.717) is 19.8 Å². The number of carbonyl (C=O) groups excluding carboxylic acids is 1. The molecular formula is C23H31N5O2. The molecular weight excluding hydrogens is 378 g/mol. The molecule has 30 heavy (non-hydrogen) atoms. The van der Waals surface area contributed by atoms with Crippen LogP contribution >= 0.6 is 0 Å². The Morgan fingerprint density at radius 3 is 2.50 bits per heavy atom. The van der Waals surface area contributed by atoms with Crippen LogP contribution in [0.3, 0.4) is 0 Å². The summed E-state index contributed by atoms with van der Waals surface area (Å²) in [6, 6.07) is 11.8. The Labute approximate surface area is 178 Å². The van der Waals surface area contributed by atoms with E-state index in [1.54, 1.807) is 6.20 Å². The molecule has 1 aromatic heterocycles. The SMILES string of the molecule is O=C(NCc1cccnc1N1CCOCC1)Nc1ccccc1N1CCCCCC1. The zero-order valence-corrected chi connectivity index (χ0v) is 17.5. The number of anilines is 3. The van der Waals surface area contributed by atoms with Gasteiger partial charge in [0.25, 0.3) is 0 Å². The summed E-state index contributed by atoms with van der Waals surface area (Å²) in [5, 5.41) is 6.05. The first-order valence-corrected chi connectivity index (χ1v) is 11.0. The number of pyridine rings is 1. The highest BCUT2D eigenvalue weighted by Crippen LogP contribution is 2.28. The van der Waals surface area contributed by atoms with Gasteiger partial charge in [-0.15, -0.1) is 0 Å². The van der Waals surface area contributed by atoms with E-state index in [9.17, 15) is 4.79 Å². The molecule has 2 aliphatic heterocycles. The fourth-order valence-electron chi connectivity index (χ4n) is 4.14. The molecule has 0 saturated carbocycles. The molecule has 0 spiro atoms. The van der Waals surface area contributed by atoms with Crippen molar-refractivity contribution in [1.29, 1.82) is 0 Å². The Balaban J connectivity index is 1.39. The first-order valence-electron chi connectivity index (χ1n) is 11.0. The normalized spacial score (nSPS) is 17.3. The second-order valence-electron chi connectivity index (χ2n) is 7.81. The Morgan fingerprint density at radius 1 is 0.933 bits per heavy atom. The molecule has 2 amide bonds. The van der Waals surface area contributed by atoms with Crippen LogP contribution < -0.4 is 20.4 Å². The van der Waals surface area contributed by atoms with Crippen LogP contribution in [0.25, 0.3) is 0 Å². The van der Waals surface area contributed by atoms with Gasteiger partial charge in [0.05, 0.1) is 24.6 Å². The third kappa shape index (κ3) is 5.21. The van der Waals surface area contributed by atoms with E-state index < -0.39 is 0 Å². The minimum absolute atomic E-state index is 0.200. The van der Waals surface area contributed by atoms with Gasteiger partial charge >= 0.3 is 6.03 Å².